The molecule has 0 atom stereocenters. The minimum Gasteiger partial charge on any atom is -0.492 e. The van der Waals surface area contributed by atoms with Crippen molar-refractivity contribution in [3.8, 4) is 28.8 Å². The Kier molecular flexibility index (Phi) is 3.76. The Morgan fingerprint density at radius 1 is 1.15 bits per heavy atom. The SMILES string of the molecule is COc1c(C(C)(C)C)c(-c2nccn2C)nn2c(-c3cc(C)on3)nnc12. The molecule has 0 spiro atoms. The molecule has 0 unspecified atom stereocenters. The van der Waals surface area contributed by atoms with E-state index in [2.05, 4.69) is 41.1 Å². The monoisotopic (exact) mass is 367 g/mol. The van der Waals surface area contributed by atoms with Crippen molar-refractivity contribution in [1.29, 1.82) is 0 Å². The topological polar surface area (TPSA) is 96.2 Å². The van der Waals surface area contributed by atoms with Crippen LogP contribution in [0.4, 0.5) is 0 Å². The maximum Gasteiger partial charge on any atom is 0.220 e. The van der Waals surface area contributed by atoms with Crippen molar-refractivity contribution in [3.63, 3.8) is 0 Å². The van der Waals surface area contributed by atoms with Gasteiger partial charge in [0.2, 0.25) is 11.5 Å². The highest BCUT2D eigenvalue weighted by Crippen LogP contribution is 2.40. The van der Waals surface area contributed by atoms with Crippen LogP contribution in [0.3, 0.4) is 0 Å². The van der Waals surface area contributed by atoms with Gasteiger partial charge in [-0.15, -0.1) is 10.2 Å². The first-order valence-corrected chi connectivity index (χ1v) is 8.56. The summed E-state index contributed by atoms with van der Waals surface area (Å²) in [7, 11) is 3.56. The van der Waals surface area contributed by atoms with Crippen LogP contribution in [0.5, 0.6) is 5.75 Å². The number of ether oxygens (including phenoxy) is 1. The van der Waals surface area contributed by atoms with Crippen molar-refractivity contribution in [2.75, 3.05) is 7.11 Å². The van der Waals surface area contributed by atoms with Gasteiger partial charge >= 0.3 is 0 Å². The summed E-state index contributed by atoms with van der Waals surface area (Å²) >= 11 is 0. The number of fused-ring (bicyclic) bond motifs is 1. The Morgan fingerprint density at radius 3 is 2.48 bits per heavy atom. The molecule has 9 nitrogen and oxygen atoms in total. The predicted octanol–water partition coefficient (Wildman–Crippen LogP) is 2.79. The van der Waals surface area contributed by atoms with Crippen LogP contribution in [-0.2, 0) is 12.5 Å². The van der Waals surface area contributed by atoms with Crippen molar-refractivity contribution in [2.45, 2.75) is 33.1 Å². The molecule has 0 aliphatic rings. The molecule has 0 aliphatic heterocycles. The minimum absolute atomic E-state index is 0.252. The first kappa shape index (κ1) is 17.2. The molecule has 0 amide bonds. The lowest BCUT2D eigenvalue weighted by atomic mass is 9.85. The number of imidazole rings is 1. The summed E-state index contributed by atoms with van der Waals surface area (Å²) in [6, 6.07) is 1.79. The zero-order chi connectivity index (χ0) is 19.3. The Labute approximate surface area is 156 Å². The lowest BCUT2D eigenvalue weighted by molar-refractivity contribution is 0.397. The molecule has 27 heavy (non-hydrogen) atoms. The maximum absolute atomic E-state index is 5.77. The van der Waals surface area contributed by atoms with E-state index in [4.69, 9.17) is 14.4 Å². The summed E-state index contributed by atoms with van der Waals surface area (Å²) in [6.07, 6.45) is 3.63. The highest BCUT2D eigenvalue weighted by atomic mass is 16.5. The van der Waals surface area contributed by atoms with Gasteiger partial charge in [0, 0.05) is 31.1 Å². The fourth-order valence-electron chi connectivity index (χ4n) is 3.16. The molecule has 140 valence electrons. The lowest BCUT2D eigenvalue weighted by Crippen LogP contribution is -2.18. The highest BCUT2D eigenvalue weighted by molar-refractivity contribution is 5.71. The van der Waals surface area contributed by atoms with E-state index >= 15 is 0 Å². The minimum atomic E-state index is -0.252. The van der Waals surface area contributed by atoms with Crippen LogP contribution in [0.15, 0.2) is 23.0 Å². The maximum atomic E-state index is 5.77. The van der Waals surface area contributed by atoms with Crippen molar-refractivity contribution in [1.82, 2.24) is 34.5 Å². The smallest absolute Gasteiger partial charge is 0.220 e. The van der Waals surface area contributed by atoms with Gasteiger partial charge < -0.3 is 13.8 Å². The molecule has 0 aliphatic carbocycles. The van der Waals surface area contributed by atoms with Crippen LogP contribution in [0, 0.1) is 6.92 Å². The van der Waals surface area contributed by atoms with Gasteiger partial charge in [-0.1, -0.05) is 25.9 Å². The third-order valence-electron chi connectivity index (χ3n) is 4.35. The van der Waals surface area contributed by atoms with Crippen molar-refractivity contribution >= 4 is 5.65 Å². The van der Waals surface area contributed by atoms with E-state index in [0.717, 1.165) is 11.4 Å². The first-order chi connectivity index (χ1) is 12.8. The number of aromatic nitrogens is 7. The van der Waals surface area contributed by atoms with Crippen LogP contribution in [0.25, 0.3) is 28.7 Å². The average molecular weight is 367 g/mol. The van der Waals surface area contributed by atoms with Crippen LogP contribution in [0.2, 0.25) is 0 Å². The van der Waals surface area contributed by atoms with Gasteiger partial charge in [-0.05, 0) is 12.3 Å². The van der Waals surface area contributed by atoms with Crippen molar-refractivity contribution in [3.05, 3.63) is 29.8 Å². The molecule has 0 fully saturated rings. The molecule has 0 saturated heterocycles. The van der Waals surface area contributed by atoms with E-state index in [-0.39, 0.29) is 5.41 Å². The molecule has 0 N–H and O–H groups in total. The summed E-state index contributed by atoms with van der Waals surface area (Å²) in [5.41, 5.74) is 2.46. The lowest BCUT2D eigenvalue weighted by Gasteiger charge is -2.24. The van der Waals surface area contributed by atoms with E-state index in [1.807, 2.05) is 24.7 Å². The summed E-state index contributed by atoms with van der Waals surface area (Å²) < 4.78 is 14.5. The third kappa shape index (κ3) is 2.66. The molecule has 0 aromatic carbocycles. The van der Waals surface area contributed by atoms with E-state index < -0.39 is 0 Å². The zero-order valence-corrected chi connectivity index (χ0v) is 16.2. The van der Waals surface area contributed by atoms with Gasteiger partial charge in [0.05, 0.1) is 7.11 Å². The molecule has 4 aromatic heterocycles. The number of hydrogen-bond acceptors (Lipinski definition) is 7. The summed E-state index contributed by atoms with van der Waals surface area (Å²) in [4.78, 5) is 4.49. The summed E-state index contributed by atoms with van der Waals surface area (Å²) in [5, 5.41) is 17.5. The zero-order valence-electron chi connectivity index (χ0n) is 16.2. The number of rotatable bonds is 3. The number of hydrogen-bond donors (Lipinski definition) is 0. The van der Waals surface area contributed by atoms with Gasteiger partial charge in [-0.3, -0.25) is 0 Å². The molecule has 4 heterocycles. The Morgan fingerprint density at radius 2 is 1.93 bits per heavy atom. The van der Waals surface area contributed by atoms with Gasteiger partial charge in [-0.2, -0.15) is 9.61 Å². The van der Waals surface area contributed by atoms with Gasteiger partial charge in [0.15, 0.2) is 17.3 Å². The molecule has 9 heteroatoms. The van der Waals surface area contributed by atoms with Crippen LogP contribution in [0.1, 0.15) is 32.1 Å². The second-order valence-electron chi connectivity index (χ2n) is 7.45. The number of methoxy groups -OCH3 is 1. The molecular weight excluding hydrogens is 346 g/mol. The Balaban J connectivity index is 2.11. The normalized spacial score (nSPS) is 12.1. The van der Waals surface area contributed by atoms with Gasteiger partial charge in [0.25, 0.3) is 0 Å². The second kappa shape index (κ2) is 5.90. The van der Waals surface area contributed by atoms with Crippen LogP contribution >= 0.6 is 0 Å². The van der Waals surface area contributed by atoms with Crippen LogP contribution in [-0.4, -0.2) is 41.6 Å². The summed E-state index contributed by atoms with van der Waals surface area (Å²) in [5.74, 6) is 2.52. The third-order valence-corrected chi connectivity index (χ3v) is 4.35. The van der Waals surface area contributed by atoms with Gasteiger partial charge in [-0.25, -0.2) is 4.98 Å². The second-order valence-corrected chi connectivity index (χ2v) is 7.45. The molecule has 0 radical (unpaired) electrons. The van der Waals surface area contributed by atoms with E-state index in [1.165, 1.54) is 0 Å². The molecule has 0 saturated carbocycles. The summed E-state index contributed by atoms with van der Waals surface area (Å²) in [6.45, 7) is 8.14. The molecular formula is C18H21N7O2. The first-order valence-electron chi connectivity index (χ1n) is 8.56. The van der Waals surface area contributed by atoms with Crippen LogP contribution < -0.4 is 4.74 Å². The fraction of sp³-hybridized carbons (Fsp3) is 0.389. The molecule has 4 rings (SSSR count). The number of nitrogens with zero attached hydrogens (tertiary/aromatic N) is 7. The molecule has 4 aromatic rings. The van der Waals surface area contributed by atoms with E-state index in [1.54, 1.807) is 23.9 Å². The molecule has 0 bridgehead atoms. The predicted molar refractivity (Wildman–Crippen MR) is 98.5 cm³/mol. The average Bonchev–Trinajstić information content (AvgIpc) is 3.31. The Hall–Kier alpha value is -3.23. The van der Waals surface area contributed by atoms with E-state index in [0.29, 0.717) is 34.4 Å². The fourth-order valence-corrected chi connectivity index (χ4v) is 3.16. The van der Waals surface area contributed by atoms with Crippen molar-refractivity contribution < 1.29 is 9.26 Å². The van der Waals surface area contributed by atoms with Gasteiger partial charge in [0.1, 0.15) is 11.5 Å². The quantitative estimate of drug-likeness (QED) is 0.549. The number of aryl methyl sites for hydroxylation is 2. The van der Waals surface area contributed by atoms with E-state index in [9.17, 15) is 0 Å². The van der Waals surface area contributed by atoms with Crippen molar-refractivity contribution in [2.24, 2.45) is 7.05 Å². The highest BCUT2D eigenvalue weighted by Gasteiger charge is 2.31. The largest absolute Gasteiger partial charge is 0.492 e. The standard InChI is InChI=1S/C18H21N7O2/c1-10-9-11(23-27-10)15-20-21-17-14(26-6)12(18(2,3)4)13(22-25(15)17)16-19-7-8-24(16)5/h7-9H,1-6H3. The Bertz CT molecular complexity index is 1130.